The molecule has 1 aliphatic heterocycles. The number of furan rings is 1. The maximum absolute atomic E-state index is 13.6. The van der Waals surface area contributed by atoms with Crippen LogP contribution in [0.5, 0.6) is 0 Å². The van der Waals surface area contributed by atoms with Crippen LogP contribution in [0, 0.1) is 6.92 Å². The van der Waals surface area contributed by atoms with Gasteiger partial charge in [-0.05, 0) is 37.4 Å². The number of rotatable bonds is 5. The molecule has 0 unspecified atom stereocenters. The van der Waals surface area contributed by atoms with Crippen LogP contribution in [-0.2, 0) is 9.53 Å². The summed E-state index contributed by atoms with van der Waals surface area (Å²) >= 11 is 2.77. The molecule has 6 nitrogen and oxygen atoms in total. The Bertz CT molecular complexity index is 1520. The lowest BCUT2D eigenvalue weighted by Gasteiger charge is -2.24. The molecule has 0 fully saturated rings. The fraction of sp³-hybridized carbons (Fsp3) is 0.160. The summed E-state index contributed by atoms with van der Waals surface area (Å²) in [5.74, 6) is 0.884. The molecular weight excluding hydrogens is 456 g/mol. The number of esters is 1. The predicted molar refractivity (Wildman–Crippen MR) is 129 cm³/mol. The maximum atomic E-state index is 13.6. The maximum Gasteiger partial charge on any atom is 0.338 e. The van der Waals surface area contributed by atoms with Gasteiger partial charge >= 0.3 is 5.97 Å². The third-order valence-corrected chi connectivity index (χ3v) is 7.13. The highest BCUT2D eigenvalue weighted by Crippen LogP contribution is 2.36. The normalized spacial score (nSPS) is 15.9. The first-order valence-corrected chi connectivity index (χ1v) is 12.1. The number of ether oxygens (including phenoxy) is 1. The van der Waals surface area contributed by atoms with Crippen LogP contribution in [0.25, 0.3) is 11.8 Å². The second kappa shape index (κ2) is 8.80. The van der Waals surface area contributed by atoms with Gasteiger partial charge in [-0.15, -0.1) is 11.3 Å². The number of thiazole rings is 1. The van der Waals surface area contributed by atoms with Crippen molar-refractivity contribution >= 4 is 40.4 Å². The van der Waals surface area contributed by atoms with E-state index in [0.717, 1.165) is 16.2 Å². The Kier molecular flexibility index (Phi) is 5.70. The molecule has 1 aromatic carbocycles. The number of hydrogen-bond acceptors (Lipinski definition) is 7. The Morgan fingerprint density at radius 1 is 1.18 bits per heavy atom. The van der Waals surface area contributed by atoms with E-state index in [1.54, 1.807) is 17.6 Å². The summed E-state index contributed by atoms with van der Waals surface area (Å²) in [4.78, 5) is 33.0. The lowest BCUT2D eigenvalue weighted by atomic mass is 9.97. The second-order valence-corrected chi connectivity index (χ2v) is 9.38. The monoisotopic (exact) mass is 476 g/mol. The minimum atomic E-state index is -0.629. The van der Waals surface area contributed by atoms with Gasteiger partial charge in [-0.3, -0.25) is 9.36 Å². The molecular formula is C25H20N2O4S2. The van der Waals surface area contributed by atoms with Gasteiger partial charge in [0.2, 0.25) is 0 Å². The van der Waals surface area contributed by atoms with Gasteiger partial charge in [0.15, 0.2) is 4.80 Å². The van der Waals surface area contributed by atoms with Crippen LogP contribution in [0.4, 0.5) is 0 Å². The molecule has 4 aromatic rings. The van der Waals surface area contributed by atoms with E-state index in [1.807, 2.05) is 66.9 Å². The molecule has 3 aromatic heterocycles. The molecule has 8 heteroatoms. The molecule has 33 heavy (non-hydrogen) atoms. The smallest absolute Gasteiger partial charge is 0.338 e. The molecule has 4 heterocycles. The third kappa shape index (κ3) is 3.92. The molecule has 0 radical (unpaired) electrons. The zero-order chi connectivity index (χ0) is 22.9. The largest absolute Gasteiger partial charge is 0.463 e. The van der Waals surface area contributed by atoms with Gasteiger partial charge < -0.3 is 9.15 Å². The van der Waals surface area contributed by atoms with Crippen molar-refractivity contribution in [2.45, 2.75) is 19.9 Å². The summed E-state index contributed by atoms with van der Waals surface area (Å²) < 4.78 is 13.2. The summed E-state index contributed by atoms with van der Waals surface area (Å²) in [5, 5.41) is 1.93. The summed E-state index contributed by atoms with van der Waals surface area (Å²) in [5.41, 5.74) is 1.45. The average molecular weight is 477 g/mol. The van der Waals surface area contributed by atoms with Crippen molar-refractivity contribution in [3.63, 3.8) is 0 Å². The highest BCUT2D eigenvalue weighted by molar-refractivity contribution is 7.10. The Balaban J connectivity index is 1.82. The Morgan fingerprint density at radius 3 is 2.67 bits per heavy atom. The zero-order valence-corrected chi connectivity index (χ0v) is 19.6. The van der Waals surface area contributed by atoms with Gasteiger partial charge in [0.25, 0.3) is 5.56 Å². The number of carbonyl (C=O) groups is 1. The van der Waals surface area contributed by atoms with E-state index in [2.05, 4.69) is 0 Å². The van der Waals surface area contributed by atoms with Gasteiger partial charge in [-0.25, -0.2) is 9.79 Å². The Morgan fingerprint density at radius 2 is 2.00 bits per heavy atom. The molecule has 166 valence electrons. The van der Waals surface area contributed by atoms with Gasteiger partial charge in [0, 0.05) is 16.5 Å². The van der Waals surface area contributed by atoms with Crippen LogP contribution in [0.3, 0.4) is 0 Å². The van der Waals surface area contributed by atoms with Gasteiger partial charge in [-0.2, -0.15) is 0 Å². The second-order valence-electron chi connectivity index (χ2n) is 7.40. The fourth-order valence-electron chi connectivity index (χ4n) is 3.82. The standard InChI is InChI=1S/C25H20N2O4S2/c1-3-30-24(29)20-21(16-8-5-4-6-9-16)26-25-27(22(20)18-10-7-13-32-18)23(28)19(33-25)14-17-12-11-15(2)31-17/h4-14,22H,3H2,1-2H3/b19-14-/t22-/m0/s1. The number of carbonyl (C=O) groups excluding carboxylic acids is 1. The molecule has 5 rings (SSSR count). The van der Waals surface area contributed by atoms with Crippen molar-refractivity contribution in [1.29, 1.82) is 0 Å². The molecule has 1 atom stereocenters. The van der Waals surface area contributed by atoms with Crippen LogP contribution in [-0.4, -0.2) is 17.1 Å². The number of aryl methyl sites for hydroxylation is 1. The van der Waals surface area contributed by atoms with E-state index >= 15 is 0 Å². The van der Waals surface area contributed by atoms with Gasteiger partial charge in [0.05, 0.1) is 22.4 Å². The summed E-state index contributed by atoms with van der Waals surface area (Å²) in [6.45, 7) is 3.85. The van der Waals surface area contributed by atoms with E-state index in [0.29, 0.717) is 26.4 Å². The average Bonchev–Trinajstić information content (AvgIpc) is 3.55. The van der Waals surface area contributed by atoms with Crippen LogP contribution >= 0.6 is 22.7 Å². The predicted octanol–water partition coefficient (Wildman–Crippen LogP) is 3.90. The van der Waals surface area contributed by atoms with E-state index in [1.165, 1.54) is 22.7 Å². The molecule has 0 aliphatic carbocycles. The topological polar surface area (TPSA) is 73.8 Å². The number of thiophene rings is 1. The van der Waals surface area contributed by atoms with E-state index in [4.69, 9.17) is 14.1 Å². The lowest BCUT2D eigenvalue weighted by Crippen LogP contribution is -2.39. The van der Waals surface area contributed by atoms with Crippen molar-refractivity contribution in [2.75, 3.05) is 6.61 Å². The highest BCUT2D eigenvalue weighted by atomic mass is 32.1. The highest BCUT2D eigenvalue weighted by Gasteiger charge is 2.35. The van der Waals surface area contributed by atoms with E-state index in [-0.39, 0.29) is 12.2 Å². The van der Waals surface area contributed by atoms with Gasteiger partial charge in [-0.1, -0.05) is 47.7 Å². The zero-order valence-electron chi connectivity index (χ0n) is 18.0. The molecule has 0 N–H and O–H groups in total. The molecule has 1 aliphatic rings. The molecule has 0 saturated carbocycles. The summed E-state index contributed by atoms with van der Waals surface area (Å²) in [7, 11) is 0. The number of hydrogen-bond donors (Lipinski definition) is 0. The SMILES string of the molecule is CCOC(=O)C1=C(c2ccccc2)N=c2s/c(=C\c3ccc(C)o3)c(=O)n2[C@H]1c1cccs1. The number of fused-ring (bicyclic) bond motifs is 1. The molecule has 0 amide bonds. The fourth-order valence-corrected chi connectivity index (χ4v) is 5.62. The number of aromatic nitrogens is 1. The van der Waals surface area contributed by atoms with E-state index < -0.39 is 12.0 Å². The first-order valence-electron chi connectivity index (χ1n) is 10.4. The quantitative estimate of drug-likeness (QED) is 0.410. The number of nitrogens with zero attached hydrogens (tertiary/aromatic N) is 2. The first-order chi connectivity index (χ1) is 16.1. The van der Waals surface area contributed by atoms with Crippen molar-refractivity contribution in [3.8, 4) is 0 Å². The minimum Gasteiger partial charge on any atom is -0.463 e. The van der Waals surface area contributed by atoms with Crippen molar-refractivity contribution in [2.24, 2.45) is 4.99 Å². The van der Waals surface area contributed by atoms with Crippen LogP contribution in [0.2, 0.25) is 0 Å². The minimum absolute atomic E-state index is 0.222. The number of benzene rings is 1. The molecule has 0 spiro atoms. The van der Waals surface area contributed by atoms with Crippen molar-refractivity contribution in [3.05, 3.63) is 107 Å². The Labute approximate surface area is 197 Å². The van der Waals surface area contributed by atoms with Crippen LogP contribution in [0.1, 0.15) is 34.9 Å². The van der Waals surface area contributed by atoms with Crippen molar-refractivity contribution in [1.82, 2.24) is 4.57 Å². The molecule has 0 bridgehead atoms. The third-order valence-electron chi connectivity index (χ3n) is 5.22. The Hall–Kier alpha value is -3.49. The molecule has 0 saturated heterocycles. The van der Waals surface area contributed by atoms with Crippen LogP contribution in [0.15, 0.2) is 79.8 Å². The summed E-state index contributed by atoms with van der Waals surface area (Å²) in [6.07, 6.45) is 1.72. The lowest BCUT2D eigenvalue weighted by molar-refractivity contribution is -0.138. The first kappa shape index (κ1) is 21.4. The van der Waals surface area contributed by atoms with E-state index in [9.17, 15) is 9.59 Å². The van der Waals surface area contributed by atoms with Gasteiger partial charge in [0.1, 0.15) is 17.6 Å². The van der Waals surface area contributed by atoms with Crippen LogP contribution < -0.4 is 14.9 Å². The van der Waals surface area contributed by atoms with Crippen molar-refractivity contribution < 1.29 is 13.9 Å². The summed E-state index contributed by atoms with van der Waals surface area (Å²) in [6, 6.07) is 16.4.